The summed E-state index contributed by atoms with van der Waals surface area (Å²) in [4.78, 5) is 40.6. The van der Waals surface area contributed by atoms with Crippen molar-refractivity contribution in [1.29, 1.82) is 0 Å². The van der Waals surface area contributed by atoms with Crippen LogP contribution in [0.1, 0.15) is 110 Å². The minimum absolute atomic E-state index is 0.0282. The maximum atomic E-state index is 14.5. The predicted octanol–water partition coefficient (Wildman–Crippen LogP) is 8.13. The van der Waals surface area contributed by atoms with Crippen LogP contribution in [0.5, 0.6) is 0 Å². The SMILES string of the molecule is C[C@H]1[C@H](C)CC[C@]2(C(=O)O)CC[C@]3(C)C(=CC[C@@H]4[C@@]5(C)CCC(OC(=O)c6ccccc6)C(C)(C)[C@@H]5C(=O)C[C@]43C)[C@H]12. The summed E-state index contributed by atoms with van der Waals surface area (Å²) in [6, 6.07) is 9.14. The molecule has 1 aromatic rings. The second kappa shape index (κ2) is 9.53. The number of carboxylic acid groups (broad SMARTS) is 1. The van der Waals surface area contributed by atoms with Gasteiger partial charge in [-0.3, -0.25) is 9.59 Å². The molecule has 4 fully saturated rings. The largest absolute Gasteiger partial charge is 0.481 e. The second-order valence-electron chi connectivity index (χ2n) is 16.2. The summed E-state index contributed by atoms with van der Waals surface area (Å²) in [5.74, 6) is 0.281. The normalized spacial score (nSPS) is 45.8. The summed E-state index contributed by atoms with van der Waals surface area (Å²) in [5.41, 5.74) is 0.0363. The number of Topliss-reactive ketones (excluding diaryl/α,β-unsaturated/α-hetero) is 1. The highest BCUT2D eigenvalue weighted by molar-refractivity contribution is 5.90. The first-order chi connectivity index (χ1) is 19.6. The first-order valence-corrected chi connectivity index (χ1v) is 16.4. The first kappa shape index (κ1) is 29.6. The quantitative estimate of drug-likeness (QED) is 0.291. The Labute approximate surface area is 251 Å². The third-order valence-electron chi connectivity index (χ3n) is 14.2. The highest BCUT2D eigenvalue weighted by Crippen LogP contribution is 2.75. The minimum Gasteiger partial charge on any atom is -0.481 e. The number of carboxylic acids is 1. The molecular weight excluding hydrogens is 524 g/mol. The van der Waals surface area contributed by atoms with E-state index in [1.807, 2.05) is 18.2 Å². The molecule has 0 saturated heterocycles. The van der Waals surface area contributed by atoms with Gasteiger partial charge in [-0.25, -0.2) is 4.79 Å². The van der Waals surface area contributed by atoms with Gasteiger partial charge in [0.2, 0.25) is 0 Å². The monoisotopic (exact) mass is 574 g/mol. The van der Waals surface area contributed by atoms with Crippen LogP contribution in [-0.2, 0) is 14.3 Å². The Morgan fingerprint density at radius 1 is 0.929 bits per heavy atom. The van der Waals surface area contributed by atoms with Crippen LogP contribution in [0, 0.1) is 56.7 Å². The molecule has 0 aliphatic heterocycles. The zero-order valence-corrected chi connectivity index (χ0v) is 26.7. The fourth-order valence-corrected chi connectivity index (χ4v) is 11.7. The molecule has 1 N–H and O–H groups in total. The number of benzene rings is 1. The van der Waals surface area contributed by atoms with Gasteiger partial charge in [0.25, 0.3) is 0 Å². The van der Waals surface area contributed by atoms with Gasteiger partial charge in [-0.15, -0.1) is 0 Å². The summed E-state index contributed by atoms with van der Waals surface area (Å²) in [6.45, 7) is 15.9. The molecule has 42 heavy (non-hydrogen) atoms. The summed E-state index contributed by atoms with van der Waals surface area (Å²) < 4.78 is 6.16. The minimum atomic E-state index is -0.686. The molecule has 5 heteroatoms. The highest BCUT2D eigenvalue weighted by Gasteiger charge is 2.71. The Balaban J connectivity index is 1.37. The Kier molecular flexibility index (Phi) is 6.73. The van der Waals surface area contributed by atoms with Crippen LogP contribution in [0.3, 0.4) is 0 Å². The third-order valence-corrected chi connectivity index (χ3v) is 14.2. The molecule has 0 radical (unpaired) electrons. The number of carbonyl (C=O) groups excluding carboxylic acids is 2. The number of esters is 1. The maximum Gasteiger partial charge on any atom is 0.338 e. The molecule has 5 aliphatic rings. The number of hydrogen-bond donors (Lipinski definition) is 1. The van der Waals surface area contributed by atoms with E-state index in [9.17, 15) is 19.5 Å². The molecule has 228 valence electrons. The van der Waals surface area contributed by atoms with Crippen molar-refractivity contribution in [1.82, 2.24) is 0 Å². The smallest absolute Gasteiger partial charge is 0.338 e. The molecule has 1 unspecified atom stereocenters. The van der Waals surface area contributed by atoms with E-state index in [0.717, 1.165) is 38.5 Å². The number of aliphatic carboxylic acids is 1. The zero-order chi connectivity index (χ0) is 30.5. The van der Waals surface area contributed by atoms with E-state index in [1.54, 1.807) is 12.1 Å². The van der Waals surface area contributed by atoms with Gasteiger partial charge >= 0.3 is 11.9 Å². The van der Waals surface area contributed by atoms with E-state index < -0.39 is 16.8 Å². The summed E-state index contributed by atoms with van der Waals surface area (Å²) >= 11 is 0. The molecule has 0 spiro atoms. The van der Waals surface area contributed by atoms with Crippen molar-refractivity contribution in [2.24, 2.45) is 56.7 Å². The number of carbonyl (C=O) groups is 3. The van der Waals surface area contributed by atoms with Crippen LogP contribution in [0.15, 0.2) is 42.0 Å². The second-order valence-corrected chi connectivity index (χ2v) is 16.2. The Hall–Kier alpha value is -2.43. The average molecular weight is 575 g/mol. The lowest BCUT2D eigenvalue weighted by Gasteiger charge is -2.70. The first-order valence-electron chi connectivity index (χ1n) is 16.4. The van der Waals surface area contributed by atoms with Gasteiger partial charge in [0.1, 0.15) is 11.9 Å². The van der Waals surface area contributed by atoms with E-state index in [4.69, 9.17) is 4.74 Å². The van der Waals surface area contributed by atoms with Crippen molar-refractivity contribution in [2.45, 2.75) is 106 Å². The van der Waals surface area contributed by atoms with Crippen LogP contribution in [0.2, 0.25) is 0 Å². The molecule has 6 rings (SSSR count). The van der Waals surface area contributed by atoms with Gasteiger partial charge in [0.05, 0.1) is 11.0 Å². The Morgan fingerprint density at radius 3 is 2.29 bits per heavy atom. The number of hydrogen-bond acceptors (Lipinski definition) is 4. The van der Waals surface area contributed by atoms with Crippen molar-refractivity contribution < 1.29 is 24.2 Å². The maximum absolute atomic E-state index is 14.5. The number of ether oxygens (including phenoxy) is 1. The zero-order valence-electron chi connectivity index (χ0n) is 26.7. The van der Waals surface area contributed by atoms with Gasteiger partial charge in [-0.05, 0) is 97.0 Å². The Bertz CT molecular complexity index is 1330. The fourth-order valence-electron chi connectivity index (χ4n) is 11.7. The molecule has 0 amide bonds. The lowest BCUT2D eigenvalue weighted by molar-refractivity contribution is -0.205. The van der Waals surface area contributed by atoms with Gasteiger partial charge in [-0.2, -0.15) is 0 Å². The van der Waals surface area contributed by atoms with Crippen molar-refractivity contribution in [3.05, 3.63) is 47.5 Å². The van der Waals surface area contributed by atoms with E-state index >= 15 is 0 Å². The van der Waals surface area contributed by atoms with Gasteiger partial charge in [0.15, 0.2) is 0 Å². The number of rotatable bonds is 3. The standard InChI is InChI=1S/C37H50O5/c1-22-15-18-37(32(40)41)20-19-35(6)25(29(37)23(22)2)13-14-27-34(5)17-16-28(42-31(39)24-11-9-8-10-12-24)33(3,4)30(34)26(38)21-36(27,35)7/h8-13,22-23,27-30H,14-21H2,1-7H3,(H,40,41)/t22-,23+,27-,28?,29+,30+,34-,35-,36-,37+/m1/s1. The lowest BCUT2D eigenvalue weighted by Crippen LogP contribution is -2.68. The molecule has 5 nitrogen and oxygen atoms in total. The summed E-state index contributed by atoms with van der Waals surface area (Å²) in [5, 5.41) is 10.6. The molecule has 10 atom stereocenters. The summed E-state index contributed by atoms with van der Waals surface area (Å²) in [7, 11) is 0. The fraction of sp³-hybridized carbons (Fsp3) is 0.703. The van der Waals surface area contributed by atoms with Crippen LogP contribution in [0.4, 0.5) is 0 Å². The van der Waals surface area contributed by atoms with Crippen molar-refractivity contribution in [3.8, 4) is 0 Å². The molecular formula is C37H50O5. The van der Waals surface area contributed by atoms with Crippen LogP contribution in [0.25, 0.3) is 0 Å². The van der Waals surface area contributed by atoms with Crippen molar-refractivity contribution >= 4 is 17.7 Å². The molecule has 1 aromatic carbocycles. The van der Waals surface area contributed by atoms with Gasteiger partial charge in [-0.1, -0.05) is 78.3 Å². The number of ketones is 1. The van der Waals surface area contributed by atoms with E-state index in [2.05, 4.69) is 54.5 Å². The number of fused-ring (bicyclic) bond motifs is 7. The molecule has 0 heterocycles. The molecule has 0 bridgehead atoms. The van der Waals surface area contributed by atoms with Gasteiger partial charge < -0.3 is 9.84 Å². The highest BCUT2D eigenvalue weighted by atomic mass is 16.5. The topological polar surface area (TPSA) is 80.7 Å². The van der Waals surface area contributed by atoms with Gasteiger partial charge in [0, 0.05) is 17.8 Å². The van der Waals surface area contributed by atoms with Crippen LogP contribution >= 0.6 is 0 Å². The van der Waals surface area contributed by atoms with E-state index in [0.29, 0.717) is 41.9 Å². The molecule has 5 aliphatic carbocycles. The van der Waals surface area contributed by atoms with E-state index in [1.165, 1.54) is 5.57 Å². The molecule has 4 saturated carbocycles. The lowest BCUT2D eigenvalue weighted by atomic mass is 9.33. The number of allylic oxidation sites excluding steroid dienone is 2. The molecule has 0 aromatic heterocycles. The van der Waals surface area contributed by atoms with Crippen LogP contribution < -0.4 is 0 Å². The van der Waals surface area contributed by atoms with Crippen molar-refractivity contribution in [3.63, 3.8) is 0 Å². The van der Waals surface area contributed by atoms with E-state index in [-0.39, 0.29) is 40.2 Å². The predicted molar refractivity (Wildman–Crippen MR) is 163 cm³/mol. The Morgan fingerprint density at radius 2 is 1.62 bits per heavy atom. The van der Waals surface area contributed by atoms with Crippen molar-refractivity contribution in [2.75, 3.05) is 0 Å². The van der Waals surface area contributed by atoms with Crippen LogP contribution in [-0.4, -0.2) is 28.9 Å². The average Bonchev–Trinajstić information content (AvgIpc) is 2.92. The summed E-state index contributed by atoms with van der Waals surface area (Å²) in [6.07, 6.45) is 8.35. The third kappa shape index (κ3) is 3.76.